The zero-order chi connectivity index (χ0) is 21.4. The van der Waals surface area contributed by atoms with Crippen LogP contribution in [0.2, 0.25) is 0 Å². The highest BCUT2D eigenvalue weighted by molar-refractivity contribution is 6.02. The first-order chi connectivity index (χ1) is 14.4. The fraction of sp³-hybridized carbons (Fsp3) is 0.143. The molecule has 0 atom stereocenters. The molecule has 2 heterocycles. The molecule has 2 aromatic heterocycles. The molecule has 0 radical (unpaired) electrons. The molecule has 0 saturated heterocycles. The fourth-order valence-electron chi connectivity index (χ4n) is 3.27. The standard InChI is InChI=1S/C21H19N5O4/c1-11-5-4-6-12(9-11)19-23-16(18(22)27)17-20(25-19)26(21(28)24-17)14-8-7-13(29-2)10-15(14)30-3/h4-10H,1-3H3,(H2,22,27)(H,24,28). The normalized spacial score (nSPS) is 10.9. The van der Waals surface area contributed by atoms with Crippen LogP contribution in [0.15, 0.2) is 47.3 Å². The van der Waals surface area contributed by atoms with Gasteiger partial charge in [-0.3, -0.25) is 4.79 Å². The van der Waals surface area contributed by atoms with Crippen molar-refractivity contribution in [1.82, 2.24) is 19.5 Å². The monoisotopic (exact) mass is 405 g/mol. The number of H-pyrrole nitrogens is 1. The second kappa shape index (κ2) is 7.36. The van der Waals surface area contributed by atoms with E-state index in [1.165, 1.54) is 18.8 Å². The number of carbonyl (C=O) groups is 1. The van der Waals surface area contributed by atoms with Crippen LogP contribution in [0, 0.1) is 6.92 Å². The van der Waals surface area contributed by atoms with Crippen molar-refractivity contribution in [3.63, 3.8) is 0 Å². The Morgan fingerprint density at radius 1 is 1.10 bits per heavy atom. The third kappa shape index (κ3) is 3.16. The van der Waals surface area contributed by atoms with Gasteiger partial charge in [0, 0.05) is 11.6 Å². The largest absolute Gasteiger partial charge is 0.497 e. The molecule has 9 nitrogen and oxygen atoms in total. The number of methoxy groups -OCH3 is 2. The number of hydrogen-bond acceptors (Lipinski definition) is 6. The molecule has 1 amide bonds. The van der Waals surface area contributed by atoms with E-state index in [9.17, 15) is 9.59 Å². The maximum Gasteiger partial charge on any atom is 0.332 e. The Kier molecular flexibility index (Phi) is 4.71. The number of aryl methyl sites for hydroxylation is 1. The molecule has 4 aromatic rings. The minimum atomic E-state index is -0.772. The number of nitrogens with one attached hydrogen (secondary N) is 1. The van der Waals surface area contributed by atoms with Crippen molar-refractivity contribution in [2.45, 2.75) is 6.92 Å². The summed E-state index contributed by atoms with van der Waals surface area (Å²) >= 11 is 0. The predicted molar refractivity (Wildman–Crippen MR) is 111 cm³/mol. The summed E-state index contributed by atoms with van der Waals surface area (Å²) in [4.78, 5) is 36.4. The fourth-order valence-corrected chi connectivity index (χ4v) is 3.27. The molecular formula is C21H19N5O4. The van der Waals surface area contributed by atoms with Gasteiger partial charge in [-0.05, 0) is 25.1 Å². The van der Waals surface area contributed by atoms with Crippen molar-refractivity contribution in [2.24, 2.45) is 5.73 Å². The van der Waals surface area contributed by atoms with Gasteiger partial charge in [0.1, 0.15) is 17.0 Å². The number of fused-ring (bicyclic) bond motifs is 1. The zero-order valence-electron chi connectivity index (χ0n) is 16.6. The van der Waals surface area contributed by atoms with Crippen molar-refractivity contribution in [3.8, 4) is 28.6 Å². The van der Waals surface area contributed by atoms with Crippen molar-refractivity contribution in [1.29, 1.82) is 0 Å². The third-order valence-electron chi connectivity index (χ3n) is 4.67. The topological polar surface area (TPSA) is 125 Å². The van der Waals surface area contributed by atoms with E-state index in [0.29, 0.717) is 22.7 Å². The number of nitrogens with two attached hydrogens (primary N) is 1. The number of amides is 1. The number of rotatable bonds is 5. The van der Waals surface area contributed by atoms with Gasteiger partial charge in [-0.15, -0.1) is 0 Å². The van der Waals surface area contributed by atoms with Crippen LogP contribution >= 0.6 is 0 Å². The minimum Gasteiger partial charge on any atom is -0.497 e. The van der Waals surface area contributed by atoms with E-state index in [4.69, 9.17) is 15.2 Å². The van der Waals surface area contributed by atoms with Crippen LogP contribution in [-0.2, 0) is 0 Å². The molecule has 2 aromatic carbocycles. The lowest BCUT2D eigenvalue weighted by Gasteiger charge is -2.11. The average Bonchev–Trinajstić information content (AvgIpc) is 3.07. The van der Waals surface area contributed by atoms with E-state index < -0.39 is 11.6 Å². The molecular weight excluding hydrogens is 386 g/mol. The number of nitrogens with zero attached hydrogens (tertiary/aromatic N) is 3. The van der Waals surface area contributed by atoms with Crippen molar-refractivity contribution in [2.75, 3.05) is 14.2 Å². The summed E-state index contributed by atoms with van der Waals surface area (Å²) in [6.07, 6.45) is 0. The summed E-state index contributed by atoms with van der Waals surface area (Å²) in [5.41, 5.74) is 7.46. The molecule has 0 aliphatic carbocycles. The van der Waals surface area contributed by atoms with Crippen molar-refractivity contribution >= 4 is 17.1 Å². The van der Waals surface area contributed by atoms with E-state index in [1.807, 2.05) is 31.2 Å². The van der Waals surface area contributed by atoms with Gasteiger partial charge in [0.2, 0.25) is 0 Å². The van der Waals surface area contributed by atoms with Crippen LogP contribution in [0.3, 0.4) is 0 Å². The summed E-state index contributed by atoms with van der Waals surface area (Å²) in [5, 5.41) is 0. The quantitative estimate of drug-likeness (QED) is 0.524. The Balaban J connectivity index is 2.06. The Labute approximate surface area is 171 Å². The summed E-state index contributed by atoms with van der Waals surface area (Å²) in [6.45, 7) is 1.94. The number of hydrogen-bond donors (Lipinski definition) is 2. The van der Waals surface area contributed by atoms with E-state index in [1.54, 1.807) is 18.2 Å². The molecule has 3 N–H and O–H groups in total. The number of primary amides is 1. The van der Waals surface area contributed by atoms with Gasteiger partial charge in [0.15, 0.2) is 17.2 Å². The van der Waals surface area contributed by atoms with Gasteiger partial charge in [-0.2, -0.15) is 0 Å². The molecule has 0 aliphatic rings. The van der Waals surface area contributed by atoms with Crippen LogP contribution in [0.4, 0.5) is 0 Å². The molecule has 0 unspecified atom stereocenters. The van der Waals surface area contributed by atoms with Crippen LogP contribution in [-0.4, -0.2) is 39.6 Å². The molecule has 9 heteroatoms. The van der Waals surface area contributed by atoms with Gasteiger partial charge in [-0.25, -0.2) is 19.3 Å². The number of aromatic nitrogens is 4. The van der Waals surface area contributed by atoms with Crippen molar-refractivity contribution in [3.05, 3.63) is 64.2 Å². The Bertz CT molecular complexity index is 1340. The lowest BCUT2D eigenvalue weighted by atomic mass is 10.1. The van der Waals surface area contributed by atoms with Gasteiger partial charge < -0.3 is 20.2 Å². The van der Waals surface area contributed by atoms with Crippen LogP contribution in [0.1, 0.15) is 16.1 Å². The maximum atomic E-state index is 12.8. The maximum absolute atomic E-state index is 12.8. The van der Waals surface area contributed by atoms with Gasteiger partial charge in [-0.1, -0.05) is 23.8 Å². The number of imidazole rings is 1. The Hall–Kier alpha value is -4.14. The average molecular weight is 405 g/mol. The Morgan fingerprint density at radius 2 is 1.90 bits per heavy atom. The molecule has 0 fully saturated rings. The van der Waals surface area contributed by atoms with Gasteiger partial charge >= 0.3 is 5.69 Å². The second-order valence-electron chi connectivity index (χ2n) is 6.63. The van der Waals surface area contributed by atoms with Gasteiger partial charge in [0.05, 0.1) is 19.9 Å². The SMILES string of the molecule is COc1ccc(-n2c(=O)[nH]c3c(C(N)=O)nc(-c4cccc(C)c4)nc32)c(OC)c1. The molecule has 0 spiro atoms. The molecule has 30 heavy (non-hydrogen) atoms. The second-order valence-corrected chi connectivity index (χ2v) is 6.63. The highest BCUT2D eigenvalue weighted by atomic mass is 16.5. The number of carbonyl (C=O) groups excluding carboxylic acids is 1. The summed E-state index contributed by atoms with van der Waals surface area (Å²) in [7, 11) is 3.02. The molecule has 0 aliphatic heterocycles. The predicted octanol–water partition coefficient (Wildman–Crippen LogP) is 2.20. The summed E-state index contributed by atoms with van der Waals surface area (Å²) < 4.78 is 12.0. The molecule has 152 valence electrons. The molecule has 0 saturated carbocycles. The lowest BCUT2D eigenvalue weighted by Crippen LogP contribution is -2.16. The minimum absolute atomic E-state index is 0.0696. The number of ether oxygens (including phenoxy) is 2. The highest BCUT2D eigenvalue weighted by Crippen LogP contribution is 2.30. The highest BCUT2D eigenvalue weighted by Gasteiger charge is 2.22. The molecule has 0 bridgehead atoms. The summed E-state index contributed by atoms with van der Waals surface area (Å²) in [5.74, 6) is 0.469. The summed E-state index contributed by atoms with van der Waals surface area (Å²) in [6, 6.07) is 12.5. The van der Waals surface area contributed by atoms with Gasteiger partial charge in [0.25, 0.3) is 5.91 Å². The zero-order valence-corrected chi connectivity index (χ0v) is 16.6. The number of aromatic amines is 1. The van der Waals surface area contributed by atoms with E-state index in [0.717, 1.165) is 5.56 Å². The van der Waals surface area contributed by atoms with Crippen LogP contribution in [0.25, 0.3) is 28.2 Å². The number of benzene rings is 2. The van der Waals surface area contributed by atoms with Crippen LogP contribution < -0.4 is 20.9 Å². The van der Waals surface area contributed by atoms with E-state index in [2.05, 4.69) is 15.0 Å². The van der Waals surface area contributed by atoms with Crippen molar-refractivity contribution < 1.29 is 14.3 Å². The van der Waals surface area contributed by atoms with E-state index >= 15 is 0 Å². The molecule has 4 rings (SSSR count). The third-order valence-corrected chi connectivity index (χ3v) is 4.67. The lowest BCUT2D eigenvalue weighted by molar-refractivity contribution is 0.0997. The van der Waals surface area contributed by atoms with Crippen LogP contribution in [0.5, 0.6) is 11.5 Å². The Morgan fingerprint density at radius 3 is 2.57 bits per heavy atom. The smallest absolute Gasteiger partial charge is 0.332 e. The first-order valence-electron chi connectivity index (χ1n) is 9.05. The first-order valence-corrected chi connectivity index (χ1v) is 9.05. The first kappa shape index (κ1) is 19.2. The van der Waals surface area contributed by atoms with E-state index in [-0.39, 0.29) is 22.7 Å².